The fourth-order valence-electron chi connectivity index (χ4n) is 3.94. The van der Waals surface area contributed by atoms with Crippen molar-refractivity contribution in [2.45, 2.75) is 18.9 Å². The number of methoxy groups -OCH3 is 2. The molecule has 2 aromatic carbocycles. The third kappa shape index (κ3) is 2.86. The van der Waals surface area contributed by atoms with Gasteiger partial charge >= 0.3 is 0 Å². The van der Waals surface area contributed by atoms with Crippen molar-refractivity contribution in [2.75, 3.05) is 31.0 Å². The minimum atomic E-state index is -1.30. The summed E-state index contributed by atoms with van der Waals surface area (Å²) in [5.41, 5.74) is 2.22. The zero-order valence-corrected chi connectivity index (χ0v) is 16.6. The van der Waals surface area contributed by atoms with Crippen LogP contribution >= 0.6 is 0 Å². The summed E-state index contributed by atoms with van der Waals surface area (Å²) in [5, 5.41) is 22.3. The molecule has 0 radical (unpaired) electrons. The van der Waals surface area contributed by atoms with Crippen LogP contribution in [-0.4, -0.2) is 43.1 Å². The van der Waals surface area contributed by atoms with Gasteiger partial charge in [0, 0.05) is 36.0 Å². The molecular formula is C22H23N3O4. The molecule has 2 aliphatic heterocycles. The van der Waals surface area contributed by atoms with Crippen LogP contribution < -0.4 is 19.7 Å². The topological polar surface area (TPSA) is 94.9 Å². The average Bonchev–Trinajstić information content (AvgIpc) is 3.24. The van der Waals surface area contributed by atoms with E-state index in [1.807, 2.05) is 24.3 Å². The van der Waals surface area contributed by atoms with Crippen LogP contribution in [0.1, 0.15) is 12.5 Å². The van der Waals surface area contributed by atoms with Crippen molar-refractivity contribution in [2.24, 2.45) is 0 Å². The lowest BCUT2D eigenvalue weighted by Crippen LogP contribution is -2.50. The molecule has 1 fully saturated rings. The molecule has 0 aliphatic carbocycles. The second kappa shape index (κ2) is 6.93. The number of Topliss-reactive ketones (excluding diaryl/α,β-unsaturated/α-hetero) is 1. The molecule has 0 aromatic heterocycles. The summed E-state index contributed by atoms with van der Waals surface area (Å²) in [6.07, 6.45) is 0.538. The Labute approximate surface area is 169 Å². The number of ether oxygens (including phenoxy) is 2. The van der Waals surface area contributed by atoms with E-state index >= 15 is 0 Å². The number of benzene rings is 2. The lowest BCUT2D eigenvalue weighted by molar-refractivity contribution is -0.119. The molecule has 3 N–H and O–H groups in total. The number of hydrogen-bond donors (Lipinski definition) is 3. The third-order valence-electron chi connectivity index (χ3n) is 5.54. The van der Waals surface area contributed by atoms with Gasteiger partial charge in [-0.15, -0.1) is 0 Å². The number of carbonyl (C=O) groups excluding carboxylic acids is 1. The second-order valence-electron chi connectivity index (χ2n) is 7.33. The van der Waals surface area contributed by atoms with Crippen molar-refractivity contribution >= 4 is 23.0 Å². The largest absolute Gasteiger partial charge is 0.497 e. The number of para-hydroxylation sites is 1. The highest BCUT2D eigenvalue weighted by molar-refractivity contribution is 6.37. The van der Waals surface area contributed by atoms with Crippen molar-refractivity contribution in [3.63, 3.8) is 0 Å². The number of aliphatic hydroxyl groups is 1. The van der Waals surface area contributed by atoms with Gasteiger partial charge in [0.1, 0.15) is 22.9 Å². The van der Waals surface area contributed by atoms with E-state index in [0.717, 1.165) is 11.3 Å². The van der Waals surface area contributed by atoms with Crippen molar-refractivity contribution in [1.82, 2.24) is 0 Å². The fourth-order valence-corrected chi connectivity index (χ4v) is 3.94. The normalized spacial score (nSPS) is 23.2. The van der Waals surface area contributed by atoms with Crippen LogP contribution in [0, 0.1) is 5.41 Å². The number of hydrogen-bond acceptors (Lipinski definition) is 6. The number of nitrogens with zero attached hydrogens (tertiary/aromatic N) is 1. The van der Waals surface area contributed by atoms with Gasteiger partial charge in [0.15, 0.2) is 5.78 Å². The zero-order chi connectivity index (χ0) is 20.8. The molecule has 1 atom stereocenters. The Morgan fingerprint density at radius 3 is 2.41 bits per heavy atom. The van der Waals surface area contributed by atoms with Gasteiger partial charge in [-0.05, 0) is 18.6 Å². The van der Waals surface area contributed by atoms with Gasteiger partial charge < -0.3 is 24.8 Å². The van der Waals surface area contributed by atoms with Gasteiger partial charge in [0.25, 0.3) is 0 Å². The van der Waals surface area contributed by atoms with Gasteiger partial charge in [0.05, 0.1) is 32.1 Å². The number of anilines is 2. The Balaban J connectivity index is 1.84. The Hall–Kier alpha value is -3.32. The first kappa shape index (κ1) is 19.0. The van der Waals surface area contributed by atoms with Crippen LogP contribution in [0.15, 0.2) is 53.7 Å². The third-order valence-corrected chi connectivity index (χ3v) is 5.54. The molecule has 2 aliphatic rings. The summed E-state index contributed by atoms with van der Waals surface area (Å²) in [7, 11) is 3.08. The standard InChI is InChI=1S/C22H23N3O4/c1-22(12-26)20(27)19(18-8-13-6-4-5-7-17(13)24-18)21(23)25(22)14-9-15(28-2)11-16(10-14)29-3/h4-7,9-11,23-24,26H,8,12H2,1-3H3. The molecule has 7 heteroatoms. The maximum atomic E-state index is 13.4. The Morgan fingerprint density at radius 2 is 1.83 bits per heavy atom. The number of rotatable bonds is 4. The van der Waals surface area contributed by atoms with E-state index in [0.29, 0.717) is 34.9 Å². The zero-order valence-electron chi connectivity index (χ0n) is 16.6. The average molecular weight is 393 g/mol. The van der Waals surface area contributed by atoms with Gasteiger partial charge in [-0.3, -0.25) is 10.2 Å². The van der Waals surface area contributed by atoms with Gasteiger partial charge in [-0.1, -0.05) is 18.2 Å². The van der Waals surface area contributed by atoms with Crippen LogP contribution in [0.25, 0.3) is 0 Å². The van der Waals surface area contributed by atoms with Crippen LogP contribution in [0.3, 0.4) is 0 Å². The predicted molar refractivity (Wildman–Crippen MR) is 111 cm³/mol. The monoisotopic (exact) mass is 393 g/mol. The molecule has 29 heavy (non-hydrogen) atoms. The summed E-state index contributed by atoms with van der Waals surface area (Å²) in [5.74, 6) is 0.819. The van der Waals surface area contributed by atoms with Crippen LogP contribution in [-0.2, 0) is 11.2 Å². The second-order valence-corrected chi connectivity index (χ2v) is 7.33. The lowest BCUT2D eigenvalue weighted by Gasteiger charge is -2.33. The molecule has 2 aromatic rings. The summed E-state index contributed by atoms with van der Waals surface area (Å²) >= 11 is 0. The summed E-state index contributed by atoms with van der Waals surface area (Å²) in [6, 6.07) is 13.0. The summed E-state index contributed by atoms with van der Waals surface area (Å²) in [6.45, 7) is 1.21. The Kier molecular flexibility index (Phi) is 4.55. The molecule has 0 spiro atoms. The highest BCUT2D eigenvalue weighted by Gasteiger charge is 2.52. The van der Waals surface area contributed by atoms with Crippen molar-refractivity contribution in [1.29, 1.82) is 5.41 Å². The molecule has 1 saturated heterocycles. The Morgan fingerprint density at radius 1 is 1.17 bits per heavy atom. The maximum absolute atomic E-state index is 13.4. The smallest absolute Gasteiger partial charge is 0.196 e. The molecule has 1 unspecified atom stereocenters. The van der Waals surface area contributed by atoms with Crippen molar-refractivity contribution < 1.29 is 19.4 Å². The van der Waals surface area contributed by atoms with Gasteiger partial charge in [-0.2, -0.15) is 0 Å². The van der Waals surface area contributed by atoms with Crippen LogP contribution in [0.5, 0.6) is 11.5 Å². The molecule has 0 amide bonds. The van der Waals surface area contributed by atoms with E-state index in [-0.39, 0.29) is 11.6 Å². The SMILES string of the molecule is COc1cc(OC)cc(N2C(=N)C(=C3Cc4ccccc4N3)C(=O)C2(C)CO)c1. The first-order valence-electron chi connectivity index (χ1n) is 9.29. The highest BCUT2D eigenvalue weighted by Crippen LogP contribution is 2.41. The molecule has 4 rings (SSSR count). The van der Waals surface area contributed by atoms with Crippen LogP contribution in [0.2, 0.25) is 0 Å². The van der Waals surface area contributed by atoms with Crippen molar-refractivity contribution in [3.05, 3.63) is 59.3 Å². The minimum Gasteiger partial charge on any atom is -0.497 e. The summed E-state index contributed by atoms with van der Waals surface area (Å²) < 4.78 is 10.7. The van der Waals surface area contributed by atoms with E-state index in [1.54, 1.807) is 30.0 Å². The van der Waals surface area contributed by atoms with E-state index in [4.69, 9.17) is 14.9 Å². The number of allylic oxidation sites excluding steroid dienone is 1. The number of amidine groups is 1. The van der Waals surface area contributed by atoms with Crippen LogP contribution in [0.4, 0.5) is 11.4 Å². The molecule has 0 bridgehead atoms. The number of aliphatic hydroxyl groups excluding tert-OH is 1. The molecule has 7 nitrogen and oxygen atoms in total. The molecule has 0 saturated carbocycles. The lowest BCUT2D eigenvalue weighted by atomic mass is 9.94. The summed E-state index contributed by atoms with van der Waals surface area (Å²) in [4.78, 5) is 14.9. The maximum Gasteiger partial charge on any atom is 0.196 e. The number of fused-ring (bicyclic) bond motifs is 1. The number of nitrogens with one attached hydrogen (secondary N) is 2. The minimum absolute atomic E-state index is 0.0390. The number of carbonyl (C=O) groups is 1. The van der Waals surface area contributed by atoms with Crippen molar-refractivity contribution in [3.8, 4) is 11.5 Å². The van der Waals surface area contributed by atoms with Gasteiger partial charge in [0.2, 0.25) is 0 Å². The quantitative estimate of drug-likeness (QED) is 0.692. The highest BCUT2D eigenvalue weighted by atomic mass is 16.5. The molecular weight excluding hydrogens is 370 g/mol. The van der Waals surface area contributed by atoms with Gasteiger partial charge in [-0.25, -0.2) is 0 Å². The van der Waals surface area contributed by atoms with E-state index in [1.165, 1.54) is 14.2 Å². The predicted octanol–water partition coefficient (Wildman–Crippen LogP) is 2.74. The van der Waals surface area contributed by atoms with E-state index < -0.39 is 12.1 Å². The first-order valence-corrected chi connectivity index (χ1v) is 9.29. The fraction of sp³-hybridized carbons (Fsp3) is 0.273. The van der Waals surface area contributed by atoms with E-state index in [2.05, 4.69) is 5.32 Å². The van der Waals surface area contributed by atoms with E-state index in [9.17, 15) is 9.90 Å². The number of ketones is 1. The first-order chi connectivity index (χ1) is 13.9. The molecule has 2 heterocycles. The Bertz CT molecular complexity index is 997. The molecule has 150 valence electrons.